The summed E-state index contributed by atoms with van der Waals surface area (Å²) in [6.45, 7) is 1.43. The van der Waals surface area contributed by atoms with Gasteiger partial charge in [0.15, 0.2) is 6.61 Å². The minimum absolute atomic E-state index is 0.182. The fraction of sp³-hybridized carbons (Fsp3) is 0.174. The molecule has 0 saturated carbocycles. The number of benzene rings is 2. The van der Waals surface area contributed by atoms with Gasteiger partial charge in [-0.25, -0.2) is 4.79 Å². The molecule has 1 aliphatic heterocycles. The Balaban J connectivity index is 1.61. The van der Waals surface area contributed by atoms with Gasteiger partial charge in [-0.05, 0) is 42.8 Å². The van der Waals surface area contributed by atoms with Crippen molar-refractivity contribution < 1.29 is 23.9 Å². The third-order valence-corrected chi connectivity index (χ3v) is 6.23. The smallest absolute Gasteiger partial charge is 0.341 e. The molecular weight excluding hydrogens is 487 g/mol. The van der Waals surface area contributed by atoms with Crippen LogP contribution in [0.1, 0.15) is 17.3 Å². The normalized spacial score (nSPS) is 12.7. The number of nitrogens with one attached hydrogen (secondary N) is 1. The first kappa shape index (κ1) is 23.1. The first-order valence-corrected chi connectivity index (χ1v) is 11.6. The van der Waals surface area contributed by atoms with Crippen molar-refractivity contribution >= 4 is 63.0 Å². The summed E-state index contributed by atoms with van der Waals surface area (Å²) in [6, 6.07) is 11.9. The third-order valence-electron chi connectivity index (χ3n) is 4.84. The predicted molar refractivity (Wildman–Crippen MR) is 129 cm³/mol. The van der Waals surface area contributed by atoms with Crippen LogP contribution in [0.5, 0.6) is 5.75 Å². The Morgan fingerprint density at radius 3 is 2.61 bits per heavy atom. The van der Waals surface area contributed by atoms with Gasteiger partial charge in [-0.15, -0.1) is 11.3 Å². The number of carbonyl (C=O) groups is 3. The molecule has 1 aromatic heterocycles. The number of fused-ring (bicyclic) bond motifs is 1. The van der Waals surface area contributed by atoms with Crippen molar-refractivity contribution in [3.05, 3.63) is 63.5 Å². The lowest BCUT2D eigenvalue weighted by atomic mass is 10.0. The van der Waals surface area contributed by atoms with Gasteiger partial charge in [-0.3, -0.25) is 14.5 Å². The number of rotatable bonds is 6. The number of amides is 2. The predicted octanol–water partition coefficient (Wildman–Crippen LogP) is 5.26. The second-order valence-electron chi connectivity index (χ2n) is 7.01. The molecule has 4 rings (SSSR count). The molecule has 0 spiro atoms. The molecule has 3 aromatic rings. The summed E-state index contributed by atoms with van der Waals surface area (Å²) in [6.07, 6.45) is 0. The molecule has 10 heteroatoms. The number of ether oxygens (including phenoxy) is 2. The van der Waals surface area contributed by atoms with Crippen LogP contribution in [-0.2, 0) is 14.3 Å². The van der Waals surface area contributed by atoms with E-state index in [0.717, 1.165) is 5.56 Å². The lowest BCUT2D eigenvalue weighted by Crippen LogP contribution is -2.43. The Kier molecular flexibility index (Phi) is 6.88. The van der Waals surface area contributed by atoms with Crippen molar-refractivity contribution in [2.45, 2.75) is 6.92 Å². The van der Waals surface area contributed by atoms with E-state index in [-0.39, 0.29) is 31.2 Å². The maximum atomic E-state index is 12.9. The van der Waals surface area contributed by atoms with Crippen LogP contribution in [-0.4, -0.2) is 37.5 Å². The van der Waals surface area contributed by atoms with E-state index < -0.39 is 11.9 Å². The lowest BCUT2D eigenvalue weighted by molar-refractivity contribution is -0.123. The maximum Gasteiger partial charge on any atom is 0.341 e. The van der Waals surface area contributed by atoms with E-state index in [1.165, 1.54) is 16.2 Å². The first-order chi connectivity index (χ1) is 15.9. The van der Waals surface area contributed by atoms with Crippen molar-refractivity contribution in [3.8, 4) is 16.9 Å². The van der Waals surface area contributed by atoms with Gasteiger partial charge in [0, 0.05) is 21.0 Å². The van der Waals surface area contributed by atoms with Crippen molar-refractivity contribution in [1.82, 2.24) is 0 Å². The number of hydrogen-bond acceptors (Lipinski definition) is 6. The summed E-state index contributed by atoms with van der Waals surface area (Å²) < 4.78 is 10.6. The van der Waals surface area contributed by atoms with Gasteiger partial charge >= 0.3 is 5.97 Å². The molecule has 1 N–H and O–H groups in total. The molecule has 0 atom stereocenters. The number of esters is 1. The Morgan fingerprint density at radius 1 is 1.15 bits per heavy atom. The highest BCUT2D eigenvalue weighted by Crippen LogP contribution is 2.37. The zero-order chi connectivity index (χ0) is 23.5. The maximum absolute atomic E-state index is 12.9. The average Bonchev–Trinajstić information content (AvgIpc) is 3.20. The number of carbonyl (C=O) groups excluding carboxylic acids is 3. The van der Waals surface area contributed by atoms with Crippen molar-refractivity contribution in [1.29, 1.82) is 0 Å². The molecule has 2 aromatic carbocycles. The zero-order valence-electron chi connectivity index (χ0n) is 17.4. The summed E-state index contributed by atoms with van der Waals surface area (Å²) in [7, 11) is 0. The molecule has 0 radical (unpaired) electrons. The van der Waals surface area contributed by atoms with Gasteiger partial charge in [0.1, 0.15) is 22.9 Å². The monoisotopic (exact) mass is 504 g/mol. The molecule has 0 unspecified atom stereocenters. The number of thiophene rings is 1. The van der Waals surface area contributed by atoms with Crippen LogP contribution < -0.4 is 15.0 Å². The van der Waals surface area contributed by atoms with E-state index in [1.54, 1.807) is 54.8 Å². The van der Waals surface area contributed by atoms with E-state index in [4.69, 9.17) is 32.7 Å². The standard InChI is InChI=1S/C23H18Cl2N2O5S/c1-2-31-23(30)21-16(13-3-5-14(24)6-4-13)12-33-22(21)26-19(28)10-27-17-9-15(25)7-8-18(17)32-11-20(27)29/h3-9,12H,2,10-11H2,1H3,(H,26,28). The molecule has 2 heterocycles. The topological polar surface area (TPSA) is 84.9 Å². The number of halogens is 2. The molecule has 33 heavy (non-hydrogen) atoms. The zero-order valence-corrected chi connectivity index (χ0v) is 19.7. The van der Waals surface area contributed by atoms with Gasteiger partial charge in [-0.1, -0.05) is 35.3 Å². The van der Waals surface area contributed by atoms with Gasteiger partial charge < -0.3 is 14.8 Å². The summed E-state index contributed by atoms with van der Waals surface area (Å²) >= 11 is 13.2. The molecule has 1 aliphatic rings. The summed E-state index contributed by atoms with van der Waals surface area (Å²) in [5.41, 5.74) is 2.03. The van der Waals surface area contributed by atoms with Gasteiger partial charge in [-0.2, -0.15) is 0 Å². The number of anilines is 2. The second kappa shape index (κ2) is 9.82. The van der Waals surface area contributed by atoms with E-state index in [9.17, 15) is 14.4 Å². The Hall–Kier alpha value is -3.07. The SMILES string of the molecule is CCOC(=O)c1c(-c2ccc(Cl)cc2)csc1NC(=O)CN1C(=O)COc2ccc(Cl)cc21. The van der Waals surface area contributed by atoms with Gasteiger partial charge in [0.25, 0.3) is 5.91 Å². The highest BCUT2D eigenvalue weighted by atomic mass is 35.5. The Labute approximate surface area is 203 Å². The van der Waals surface area contributed by atoms with Crippen LogP contribution in [0.4, 0.5) is 10.7 Å². The van der Waals surface area contributed by atoms with E-state index in [1.807, 2.05) is 0 Å². The molecular formula is C23H18Cl2N2O5S. The molecule has 0 saturated heterocycles. The highest BCUT2D eigenvalue weighted by molar-refractivity contribution is 7.15. The van der Waals surface area contributed by atoms with Gasteiger partial charge in [0.2, 0.25) is 5.91 Å². The largest absolute Gasteiger partial charge is 0.482 e. The van der Waals surface area contributed by atoms with Crippen LogP contribution in [0.25, 0.3) is 11.1 Å². The highest BCUT2D eigenvalue weighted by Gasteiger charge is 2.29. The fourth-order valence-corrected chi connectivity index (χ4v) is 4.62. The average molecular weight is 505 g/mol. The van der Waals surface area contributed by atoms with Crippen LogP contribution in [0, 0.1) is 0 Å². The molecule has 170 valence electrons. The summed E-state index contributed by atoms with van der Waals surface area (Å²) in [5, 5.41) is 5.82. The summed E-state index contributed by atoms with van der Waals surface area (Å²) in [4.78, 5) is 39.4. The van der Waals surface area contributed by atoms with Crippen LogP contribution in [0.3, 0.4) is 0 Å². The van der Waals surface area contributed by atoms with Crippen molar-refractivity contribution in [2.24, 2.45) is 0 Å². The van der Waals surface area contributed by atoms with Crippen LogP contribution in [0.15, 0.2) is 47.8 Å². The van der Waals surface area contributed by atoms with E-state index in [2.05, 4.69) is 5.32 Å². The van der Waals surface area contributed by atoms with E-state index >= 15 is 0 Å². The minimum Gasteiger partial charge on any atom is -0.482 e. The van der Waals surface area contributed by atoms with Crippen LogP contribution >= 0.6 is 34.5 Å². The Bertz CT molecular complexity index is 1230. The number of hydrogen-bond donors (Lipinski definition) is 1. The van der Waals surface area contributed by atoms with E-state index in [0.29, 0.717) is 32.0 Å². The number of nitrogens with zero attached hydrogens (tertiary/aromatic N) is 1. The second-order valence-corrected chi connectivity index (χ2v) is 8.76. The lowest BCUT2D eigenvalue weighted by Gasteiger charge is -2.28. The Morgan fingerprint density at radius 2 is 1.88 bits per heavy atom. The molecule has 0 aliphatic carbocycles. The minimum atomic E-state index is -0.557. The molecule has 2 amide bonds. The van der Waals surface area contributed by atoms with Crippen LogP contribution in [0.2, 0.25) is 10.0 Å². The van der Waals surface area contributed by atoms with Gasteiger partial charge in [0.05, 0.1) is 12.3 Å². The molecule has 0 fully saturated rings. The van der Waals surface area contributed by atoms with Crippen molar-refractivity contribution in [3.63, 3.8) is 0 Å². The molecule has 0 bridgehead atoms. The fourth-order valence-electron chi connectivity index (χ4n) is 3.36. The van der Waals surface area contributed by atoms with Crippen molar-refractivity contribution in [2.75, 3.05) is 30.0 Å². The third kappa shape index (κ3) is 4.98. The first-order valence-electron chi connectivity index (χ1n) is 9.94. The quantitative estimate of drug-likeness (QED) is 0.462. The summed E-state index contributed by atoms with van der Waals surface area (Å²) in [5.74, 6) is -0.955. The molecule has 7 nitrogen and oxygen atoms in total.